The molecule has 2 aliphatic heterocycles. The highest BCUT2D eigenvalue weighted by Crippen LogP contribution is 2.21. The average Bonchev–Trinajstić information content (AvgIpc) is 3.01. The topological polar surface area (TPSA) is 18.5 Å². The Morgan fingerprint density at radius 2 is 2.05 bits per heavy atom. The summed E-state index contributed by atoms with van der Waals surface area (Å²) < 4.78 is 0. The summed E-state index contributed by atoms with van der Waals surface area (Å²) in [6, 6.07) is 8.22. The van der Waals surface area contributed by atoms with Crippen LogP contribution in [0.5, 0.6) is 0 Å². The largest absolute Gasteiger partial charge is 0.369 e. The summed E-state index contributed by atoms with van der Waals surface area (Å²) >= 11 is 6.08. The number of hydrogen-bond acceptors (Lipinski definition) is 3. The molecule has 2 heterocycles. The van der Waals surface area contributed by atoms with E-state index in [1.165, 1.54) is 57.7 Å². The normalized spacial score (nSPS) is 23.7. The molecule has 1 N–H and O–H groups in total. The van der Waals surface area contributed by atoms with Gasteiger partial charge in [-0.25, -0.2) is 0 Å². The van der Waals surface area contributed by atoms with E-state index in [1.807, 2.05) is 12.1 Å². The van der Waals surface area contributed by atoms with Gasteiger partial charge >= 0.3 is 0 Å². The molecule has 4 heteroatoms. The first-order valence-electron chi connectivity index (χ1n) is 8.25. The molecular formula is C17H26ClN3. The SMILES string of the molecule is Clc1cccc(N2CCN(CCCC3CCNC3)CC2)c1. The van der Waals surface area contributed by atoms with E-state index in [4.69, 9.17) is 11.6 Å². The first-order valence-corrected chi connectivity index (χ1v) is 8.62. The summed E-state index contributed by atoms with van der Waals surface area (Å²) in [4.78, 5) is 5.06. The van der Waals surface area contributed by atoms with Crippen LogP contribution >= 0.6 is 11.6 Å². The van der Waals surface area contributed by atoms with Crippen molar-refractivity contribution in [2.45, 2.75) is 19.3 Å². The summed E-state index contributed by atoms with van der Waals surface area (Å²) in [7, 11) is 0. The Hall–Kier alpha value is -0.770. The Bertz CT molecular complexity index is 437. The Morgan fingerprint density at radius 1 is 1.19 bits per heavy atom. The average molecular weight is 308 g/mol. The molecular weight excluding hydrogens is 282 g/mol. The fourth-order valence-electron chi connectivity index (χ4n) is 3.47. The van der Waals surface area contributed by atoms with Gasteiger partial charge < -0.3 is 10.2 Å². The lowest BCUT2D eigenvalue weighted by Gasteiger charge is -2.36. The molecule has 2 aliphatic rings. The van der Waals surface area contributed by atoms with Crippen molar-refractivity contribution in [2.75, 3.05) is 50.7 Å². The third kappa shape index (κ3) is 4.35. The number of nitrogens with one attached hydrogen (secondary N) is 1. The van der Waals surface area contributed by atoms with Crippen LogP contribution in [0.25, 0.3) is 0 Å². The Balaban J connectivity index is 1.38. The zero-order valence-corrected chi connectivity index (χ0v) is 13.5. The van der Waals surface area contributed by atoms with Crippen molar-refractivity contribution in [2.24, 2.45) is 5.92 Å². The number of nitrogens with zero attached hydrogens (tertiary/aromatic N) is 2. The molecule has 1 atom stereocenters. The van der Waals surface area contributed by atoms with Gasteiger partial charge in [0.1, 0.15) is 0 Å². The van der Waals surface area contributed by atoms with Gasteiger partial charge in [0.15, 0.2) is 0 Å². The fraction of sp³-hybridized carbons (Fsp3) is 0.647. The quantitative estimate of drug-likeness (QED) is 0.902. The minimum absolute atomic E-state index is 0.833. The van der Waals surface area contributed by atoms with Gasteiger partial charge in [-0.1, -0.05) is 17.7 Å². The molecule has 3 nitrogen and oxygen atoms in total. The molecule has 0 aromatic heterocycles. The summed E-state index contributed by atoms with van der Waals surface area (Å²) in [6.45, 7) is 8.31. The highest BCUT2D eigenvalue weighted by Gasteiger charge is 2.18. The molecule has 3 rings (SSSR count). The van der Waals surface area contributed by atoms with Gasteiger partial charge in [-0.15, -0.1) is 0 Å². The molecule has 2 fully saturated rings. The second-order valence-electron chi connectivity index (χ2n) is 6.31. The van der Waals surface area contributed by atoms with Crippen LogP contribution in [-0.2, 0) is 0 Å². The second kappa shape index (κ2) is 7.48. The van der Waals surface area contributed by atoms with Gasteiger partial charge in [-0.05, 0) is 63.0 Å². The molecule has 21 heavy (non-hydrogen) atoms. The molecule has 1 aromatic carbocycles. The standard InChI is InChI=1S/C17H26ClN3/c18-16-4-1-5-17(13-16)21-11-9-20(10-12-21)8-2-3-15-6-7-19-14-15/h1,4-5,13,15,19H,2-3,6-12,14H2. The van der Waals surface area contributed by atoms with Crippen LogP contribution in [0.3, 0.4) is 0 Å². The van der Waals surface area contributed by atoms with Gasteiger partial charge in [0.05, 0.1) is 0 Å². The molecule has 0 spiro atoms. The van der Waals surface area contributed by atoms with Crippen LogP contribution in [0.4, 0.5) is 5.69 Å². The molecule has 0 aliphatic carbocycles. The molecule has 2 saturated heterocycles. The van der Waals surface area contributed by atoms with Crippen LogP contribution in [0.15, 0.2) is 24.3 Å². The van der Waals surface area contributed by atoms with Crippen molar-refractivity contribution in [3.05, 3.63) is 29.3 Å². The van der Waals surface area contributed by atoms with Crippen LogP contribution < -0.4 is 10.2 Å². The number of hydrogen-bond donors (Lipinski definition) is 1. The highest BCUT2D eigenvalue weighted by atomic mass is 35.5. The summed E-state index contributed by atoms with van der Waals surface area (Å²) in [5.74, 6) is 0.928. The second-order valence-corrected chi connectivity index (χ2v) is 6.75. The lowest BCUT2D eigenvalue weighted by molar-refractivity contribution is 0.247. The highest BCUT2D eigenvalue weighted by molar-refractivity contribution is 6.30. The van der Waals surface area contributed by atoms with Gasteiger partial charge in [-0.3, -0.25) is 4.90 Å². The van der Waals surface area contributed by atoms with E-state index in [2.05, 4.69) is 27.2 Å². The number of benzene rings is 1. The van der Waals surface area contributed by atoms with Crippen molar-refractivity contribution < 1.29 is 0 Å². The number of halogens is 1. The molecule has 0 amide bonds. The van der Waals surface area contributed by atoms with E-state index in [0.29, 0.717) is 0 Å². The van der Waals surface area contributed by atoms with E-state index in [1.54, 1.807) is 0 Å². The number of rotatable bonds is 5. The maximum absolute atomic E-state index is 6.08. The van der Waals surface area contributed by atoms with Crippen LogP contribution in [0.2, 0.25) is 5.02 Å². The maximum Gasteiger partial charge on any atom is 0.0426 e. The van der Waals surface area contributed by atoms with E-state index >= 15 is 0 Å². The van der Waals surface area contributed by atoms with E-state index in [-0.39, 0.29) is 0 Å². The number of anilines is 1. The molecule has 0 radical (unpaired) electrons. The molecule has 1 aromatic rings. The fourth-order valence-corrected chi connectivity index (χ4v) is 3.65. The third-order valence-corrected chi connectivity index (χ3v) is 5.03. The van der Waals surface area contributed by atoms with E-state index in [0.717, 1.165) is 24.0 Å². The zero-order valence-electron chi connectivity index (χ0n) is 12.7. The van der Waals surface area contributed by atoms with Gasteiger partial charge in [0.2, 0.25) is 0 Å². The summed E-state index contributed by atoms with van der Waals surface area (Å²) in [6.07, 6.45) is 4.12. The first-order chi connectivity index (χ1) is 10.3. The van der Waals surface area contributed by atoms with Gasteiger partial charge in [0.25, 0.3) is 0 Å². The Morgan fingerprint density at radius 3 is 2.76 bits per heavy atom. The van der Waals surface area contributed by atoms with Gasteiger partial charge in [0, 0.05) is 36.9 Å². The lowest BCUT2D eigenvalue weighted by Crippen LogP contribution is -2.46. The molecule has 0 bridgehead atoms. The van der Waals surface area contributed by atoms with Crippen LogP contribution in [0.1, 0.15) is 19.3 Å². The smallest absolute Gasteiger partial charge is 0.0426 e. The monoisotopic (exact) mass is 307 g/mol. The summed E-state index contributed by atoms with van der Waals surface area (Å²) in [5.41, 5.74) is 1.26. The van der Waals surface area contributed by atoms with Gasteiger partial charge in [-0.2, -0.15) is 0 Å². The minimum atomic E-state index is 0.833. The molecule has 0 saturated carbocycles. The van der Waals surface area contributed by atoms with E-state index < -0.39 is 0 Å². The van der Waals surface area contributed by atoms with Crippen molar-refractivity contribution >= 4 is 17.3 Å². The zero-order chi connectivity index (χ0) is 14.5. The minimum Gasteiger partial charge on any atom is -0.369 e. The van der Waals surface area contributed by atoms with Crippen molar-refractivity contribution in [3.63, 3.8) is 0 Å². The van der Waals surface area contributed by atoms with Crippen LogP contribution in [-0.4, -0.2) is 50.7 Å². The third-order valence-electron chi connectivity index (χ3n) is 4.79. The lowest BCUT2D eigenvalue weighted by atomic mass is 10.0. The van der Waals surface area contributed by atoms with E-state index in [9.17, 15) is 0 Å². The number of piperazine rings is 1. The Kier molecular flexibility index (Phi) is 5.39. The molecule has 1 unspecified atom stereocenters. The first kappa shape index (κ1) is 15.1. The Labute approximate surface area is 133 Å². The molecule has 116 valence electrons. The van der Waals surface area contributed by atoms with Crippen molar-refractivity contribution in [3.8, 4) is 0 Å². The predicted molar refractivity (Wildman–Crippen MR) is 90.3 cm³/mol. The van der Waals surface area contributed by atoms with Crippen molar-refractivity contribution in [1.29, 1.82) is 0 Å². The van der Waals surface area contributed by atoms with Crippen LogP contribution in [0, 0.1) is 5.92 Å². The predicted octanol–water partition coefficient (Wildman–Crippen LogP) is 2.85. The van der Waals surface area contributed by atoms with Crippen molar-refractivity contribution in [1.82, 2.24) is 10.2 Å². The summed E-state index contributed by atoms with van der Waals surface area (Å²) in [5, 5.41) is 4.29. The maximum atomic E-state index is 6.08.